The largest absolute Gasteiger partial charge is 0.407 e. The predicted octanol–water partition coefficient (Wildman–Crippen LogP) is 2.94. The van der Waals surface area contributed by atoms with Crippen molar-refractivity contribution >= 4 is 0 Å². The fraction of sp³-hybridized carbons (Fsp3) is 0.529. The summed E-state index contributed by atoms with van der Waals surface area (Å²) in [5.41, 5.74) is 0.804. The molecule has 1 aromatic carbocycles. The molecule has 0 aromatic heterocycles. The minimum absolute atomic E-state index is 0.166. The maximum Gasteiger partial charge on any atom is 0.407 e. The van der Waals surface area contributed by atoms with Crippen LogP contribution in [0.4, 0.5) is 13.2 Å². The monoisotopic (exact) mass is 344 g/mol. The van der Waals surface area contributed by atoms with E-state index in [-0.39, 0.29) is 18.2 Å². The summed E-state index contributed by atoms with van der Waals surface area (Å²) in [6.07, 6.45) is -3.67. The number of nitrogens with one attached hydrogen (secondary N) is 1. The first-order valence-corrected chi connectivity index (χ1v) is 7.65. The van der Waals surface area contributed by atoms with Gasteiger partial charge >= 0.3 is 6.18 Å². The number of alkyl halides is 3. The van der Waals surface area contributed by atoms with E-state index in [1.54, 1.807) is 26.0 Å². The molecule has 4 nitrogen and oxygen atoms in total. The van der Waals surface area contributed by atoms with Crippen LogP contribution >= 0.6 is 0 Å². The molecule has 1 atom stereocenters. The van der Waals surface area contributed by atoms with E-state index in [9.17, 15) is 13.2 Å². The van der Waals surface area contributed by atoms with Gasteiger partial charge in [0.2, 0.25) is 0 Å². The van der Waals surface area contributed by atoms with Crippen LogP contribution in [-0.4, -0.2) is 32.0 Å². The summed E-state index contributed by atoms with van der Waals surface area (Å²) in [6, 6.07) is 4.07. The zero-order chi connectivity index (χ0) is 18.0. The SMILES string of the molecule is CC(C)NC(c1ccc(C#CCOCCCON)cc1)C(F)(F)F. The maximum absolute atomic E-state index is 13.1. The number of hydrogen-bond donors (Lipinski definition) is 2. The van der Waals surface area contributed by atoms with Crippen LogP contribution in [0.15, 0.2) is 24.3 Å². The van der Waals surface area contributed by atoms with Gasteiger partial charge in [-0.05, 0) is 24.1 Å². The number of hydrogen-bond acceptors (Lipinski definition) is 4. The lowest BCUT2D eigenvalue weighted by Gasteiger charge is -2.24. The van der Waals surface area contributed by atoms with E-state index in [2.05, 4.69) is 22.0 Å². The van der Waals surface area contributed by atoms with Gasteiger partial charge in [0.25, 0.3) is 0 Å². The third-order valence-corrected chi connectivity index (χ3v) is 3.03. The zero-order valence-corrected chi connectivity index (χ0v) is 13.8. The van der Waals surface area contributed by atoms with Gasteiger partial charge in [-0.3, -0.25) is 0 Å². The van der Waals surface area contributed by atoms with Gasteiger partial charge in [-0.25, -0.2) is 5.90 Å². The van der Waals surface area contributed by atoms with Crippen molar-refractivity contribution in [3.63, 3.8) is 0 Å². The molecule has 1 unspecified atom stereocenters. The van der Waals surface area contributed by atoms with E-state index in [0.717, 1.165) is 0 Å². The van der Waals surface area contributed by atoms with Crippen LogP contribution in [0.25, 0.3) is 0 Å². The van der Waals surface area contributed by atoms with Gasteiger partial charge in [-0.2, -0.15) is 13.2 Å². The second-order valence-electron chi connectivity index (χ2n) is 5.50. The smallest absolute Gasteiger partial charge is 0.369 e. The summed E-state index contributed by atoms with van der Waals surface area (Å²) in [6.45, 7) is 4.50. The highest BCUT2D eigenvalue weighted by Crippen LogP contribution is 2.33. The summed E-state index contributed by atoms with van der Waals surface area (Å²) >= 11 is 0. The Morgan fingerprint density at radius 2 is 1.83 bits per heavy atom. The van der Waals surface area contributed by atoms with Crippen molar-refractivity contribution in [2.75, 3.05) is 19.8 Å². The molecule has 0 bridgehead atoms. The molecule has 3 N–H and O–H groups in total. The highest BCUT2D eigenvalue weighted by molar-refractivity contribution is 5.37. The fourth-order valence-corrected chi connectivity index (χ4v) is 1.98. The minimum Gasteiger partial charge on any atom is -0.369 e. The number of nitrogens with two attached hydrogens (primary N) is 1. The molecular weight excluding hydrogens is 321 g/mol. The molecule has 0 aliphatic carbocycles. The van der Waals surface area contributed by atoms with Crippen molar-refractivity contribution in [2.45, 2.75) is 38.5 Å². The van der Waals surface area contributed by atoms with Crippen molar-refractivity contribution in [1.29, 1.82) is 0 Å². The Morgan fingerprint density at radius 1 is 1.17 bits per heavy atom. The molecule has 0 radical (unpaired) electrons. The normalized spacial score (nSPS) is 12.8. The summed E-state index contributed by atoms with van der Waals surface area (Å²) in [5.74, 6) is 10.5. The van der Waals surface area contributed by atoms with Crippen LogP contribution in [-0.2, 0) is 9.57 Å². The summed E-state index contributed by atoms with van der Waals surface area (Å²) in [7, 11) is 0. The standard InChI is InChI=1S/C17H23F3N2O2/c1-13(2)22-16(17(18,19)20)15-8-6-14(7-9-15)5-3-10-23-11-4-12-24-21/h6-9,13,16,22H,4,10-12,21H2,1-2H3. The summed E-state index contributed by atoms with van der Waals surface area (Å²) in [4.78, 5) is 4.39. The average molecular weight is 344 g/mol. The lowest BCUT2D eigenvalue weighted by atomic mass is 10.0. The molecule has 24 heavy (non-hydrogen) atoms. The van der Waals surface area contributed by atoms with Crippen molar-refractivity contribution in [2.24, 2.45) is 5.90 Å². The molecule has 7 heteroatoms. The van der Waals surface area contributed by atoms with E-state index in [0.29, 0.717) is 25.2 Å². The minimum atomic E-state index is -4.35. The van der Waals surface area contributed by atoms with E-state index >= 15 is 0 Å². The van der Waals surface area contributed by atoms with Gasteiger partial charge in [0, 0.05) is 11.6 Å². The Bertz CT molecular complexity index is 533. The van der Waals surface area contributed by atoms with Gasteiger partial charge in [-0.15, -0.1) is 0 Å². The van der Waals surface area contributed by atoms with Gasteiger partial charge in [0.1, 0.15) is 12.6 Å². The number of ether oxygens (including phenoxy) is 1. The number of halogens is 3. The van der Waals surface area contributed by atoms with E-state index in [4.69, 9.17) is 10.6 Å². The molecule has 134 valence electrons. The van der Waals surface area contributed by atoms with Crippen LogP contribution in [0, 0.1) is 11.8 Å². The van der Waals surface area contributed by atoms with Crippen LogP contribution in [0.5, 0.6) is 0 Å². The van der Waals surface area contributed by atoms with Crippen molar-refractivity contribution < 1.29 is 22.7 Å². The molecule has 1 aromatic rings. The Kier molecular flexibility index (Phi) is 8.79. The molecule has 0 spiro atoms. The summed E-state index contributed by atoms with van der Waals surface area (Å²) in [5, 5.41) is 2.53. The van der Waals surface area contributed by atoms with E-state index < -0.39 is 12.2 Å². The van der Waals surface area contributed by atoms with Gasteiger partial charge < -0.3 is 14.9 Å². The molecule has 0 aliphatic rings. The second kappa shape index (κ2) is 10.3. The second-order valence-corrected chi connectivity index (χ2v) is 5.50. The Balaban J connectivity index is 2.61. The lowest BCUT2D eigenvalue weighted by Crippen LogP contribution is -2.38. The van der Waals surface area contributed by atoms with Gasteiger partial charge in [-0.1, -0.05) is 37.8 Å². The predicted molar refractivity (Wildman–Crippen MR) is 86.0 cm³/mol. The number of benzene rings is 1. The molecule has 0 saturated heterocycles. The van der Waals surface area contributed by atoms with Crippen molar-refractivity contribution in [3.05, 3.63) is 35.4 Å². The summed E-state index contributed by atoms with van der Waals surface area (Å²) < 4.78 is 44.6. The molecule has 1 rings (SSSR count). The third kappa shape index (κ3) is 7.79. The zero-order valence-electron chi connectivity index (χ0n) is 13.8. The fourth-order valence-electron chi connectivity index (χ4n) is 1.98. The van der Waals surface area contributed by atoms with Gasteiger partial charge in [0.05, 0.1) is 13.2 Å². The lowest BCUT2D eigenvalue weighted by molar-refractivity contribution is -0.159. The quantitative estimate of drug-likeness (QED) is 0.432. The molecule has 0 fully saturated rings. The van der Waals surface area contributed by atoms with E-state index in [1.807, 2.05) is 0 Å². The third-order valence-electron chi connectivity index (χ3n) is 3.03. The van der Waals surface area contributed by atoms with E-state index in [1.165, 1.54) is 12.1 Å². The van der Waals surface area contributed by atoms with Crippen molar-refractivity contribution in [1.82, 2.24) is 5.32 Å². The van der Waals surface area contributed by atoms with Crippen LogP contribution in [0.1, 0.15) is 37.4 Å². The Morgan fingerprint density at radius 3 is 2.38 bits per heavy atom. The molecule has 0 saturated carbocycles. The van der Waals surface area contributed by atoms with Crippen molar-refractivity contribution in [3.8, 4) is 11.8 Å². The molecular formula is C17H23F3N2O2. The van der Waals surface area contributed by atoms with Crippen LogP contribution in [0.3, 0.4) is 0 Å². The van der Waals surface area contributed by atoms with Gasteiger partial charge in [0.15, 0.2) is 0 Å². The van der Waals surface area contributed by atoms with Crippen LogP contribution < -0.4 is 11.2 Å². The number of rotatable bonds is 8. The Hall–Kier alpha value is -1.59. The molecule has 0 aliphatic heterocycles. The molecule has 0 amide bonds. The average Bonchev–Trinajstić information content (AvgIpc) is 2.51. The first-order chi connectivity index (χ1) is 11.3. The maximum atomic E-state index is 13.1. The highest BCUT2D eigenvalue weighted by atomic mass is 19.4. The van der Waals surface area contributed by atoms with Crippen LogP contribution in [0.2, 0.25) is 0 Å². The first-order valence-electron chi connectivity index (χ1n) is 7.65. The molecule has 0 heterocycles. The first kappa shape index (κ1) is 20.5. The highest BCUT2D eigenvalue weighted by Gasteiger charge is 2.40. The topological polar surface area (TPSA) is 56.5 Å². The Labute approximate surface area is 140 Å².